The van der Waals surface area contributed by atoms with Gasteiger partial charge in [0.25, 0.3) is 0 Å². The molecule has 20 heavy (non-hydrogen) atoms. The normalized spacial score (nSPS) is 21.2. The lowest BCUT2D eigenvalue weighted by molar-refractivity contribution is -0.147. The van der Waals surface area contributed by atoms with Crippen molar-refractivity contribution in [1.29, 1.82) is 0 Å². The highest BCUT2D eigenvalue weighted by atomic mass is 16.6. The van der Waals surface area contributed by atoms with Crippen LogP contribution in [-0.2, 0) is 19.1 Å². The van der Waals surface area contributed by atoms with E-state index in [2.05, 4.69) is 5.32 Å². The number of anilines is 1. The van der Waals surface area contributed by atoms with Gasteiger partial charge in [-0.3, -0.25) is 4.79 Å². The topological polar surface area (TPSA) is 81.7 Å². The van der Waals surface area contributed by atoms with Crippen molar-refractivity contribution in [3.05, 3.63) is 29.8 Å². The Balaban J connectivity index is 1.99. The number of benzene rings is 1. The first-order valence-corrected chi connectivity index (χ1v) is 6.25. The molecule has 0 aliphatic carbocycles. The maximum Gasteiger partial charge on any atom is 0.347 e. The minimum atomic E-state index is -0.840. The highest BCUT2D eigenvalue weighted by Crippen LogP contribution is 2.19. The van der Waals surface area contributed by atoms with E-state index >= 15 is 0 Å². The molecule has 6 nitrogen and oxygen atoms in total. The van der Waals surface area contributed by atoms with Crippen LogP contribution >= 0.6 is 0 Å². The van der Waals surface area contributed by atoms with Crippen LogP contribution in [0.2, 0.25) is 0 Å². The molecular formula is C14H15NO5. The van der Waals surface area contributed by atoms with Crippen LogP contribution in [0.25, 0.3) is 0 Å². The minimum Gasteiger partial charge on any atom is -0.460 e. The van der Waals surface area contributed by atoms with Crippen molar-refractivity contribution < 1.29 is 23.9 Å². The average Bonchev–Trinajstić information content (AvgIpc) is 2.68. The van der Waals surface area contributed by atoms with Crippen molar-refractivity contribution >= 4 is 23.5 Å². The van der Waals surface area contributed by atoms with E-state index in [4.69, 9.17) is 9.47 Å². The molecule has 1 amide bonds. The van der Waals surface area contributed by atoms with Crippen LogP contribution in [0, 0.1) is 0 Å². The van der Waals surface area contributed by atoms with Crippen LogP contribution in [0.3, 0.4) is 0 Å². The molecule has 1 aromatic carbocycles. The number of hydrogen-bond acceptors (Lipinski definition) is 5. The molecule has 1 aromatic rings. The third-order valence-corrected chi connectivity index (χ3v) is 2.82. The Labute approximate surface area is 116 Å². The Bertz CT molecular complexity index is 537. The number of amides is 1. The molecule has 0 unspecified atom stereocenters. The number of carbonyl (C=O) groups excluding carboxylic acids is 3. The molecule has 1 heterocycles. The first-order chi connectivity index (χ1) is 9.45. The molecule has 0 radical (unpaired) electrons. The third kappa shape index (κ3) is 3.34. The van der Waals surface area contributed by atoms with Crippen LogP contribution in [0.15, 0.2) is 24.3 Å². The fourth-order valence-corrected chi connectivity index (χ4v) is 1.91. The highest BCUT2D eigenvalue weighted by molar-refractivity contribution is 5.93. The summed E-state index contributed by atoms with van der Waals surface area (Å²) in [6.07, 6.45) is -0.705. The van der Waals surface area contributed by atoms with E-state index in [1.807, 2.05) is 0 Å². The molecule has 1 N–H and O–H groups in total. The Kier molecular flexibility index (Phi) is 4.02. The number of rotatable bonds is 3. The van der Waals surface area contributed by atoms with Gasteiger partial charge in [-0.25, -0.2) is 9.59 Å². The van der Waals surface area contributed by atoms with Crippen LogP contribution in [0.5, 0.6) is 0 Å². The molecule has 0 saturated carbocycles. The van der Waals surface area contributed by atoms with E-state index in [0.29, 0.717) is 17.7 Å². The third-order valence-electron chi connectivity index (χ3n) is 2.82. The first kappa shape index (κ1) is 14.0. The zero-order valence-electron chi connectivity index (χ0n) is 11.2. The molecule has 2 atom stereocenters. The zero-order chi connectivity index (χ0) is 14.7. The Morgan fingerprint density at radius 1 is 1.30 bits per heavy atom. The van der Waals surface area contributed by atoms with Crippen molar-refractivity contribution in [1.82, 2.24) is 0 Å². The monoisotopic (exact) mass is 277 g/mol. The van der Waals surface area contributed by atoms with Crippen molar-refractivity contribution in [2.45, 2.75) is 32.5 Å². The van der Waals surface area contributed by atoms with Crippen LogP contribution in [-0.4, -0.2) is 30.1 Å². The molecule has 106 valence electrons. The zero-order valence-corrected chi connectivity index (χ0v) is 11.2. The second kappa shape index (κ2) is 5.73. The fourth-order valence-electron chi connectivity index (χ4n) is 1.91. The van der Waals surface area contributed by atoms with E-state index in [-0.39, 0.29) is 12.0 Å². The summed E-state index contributed by atoms with van der Waals surface area (Å²) in [5.74, 6) is -1.29. The van der Waals surface area contributed by atoms with E-state index < -0.39 is 18.0 Å². The summed E-state index contributed by atoms with van der Waals surface area (Å²) in [6, 6.07) is 6.23. The molecule has 0 aromatic heterocycles. The summed E-state index contributed by atoms with van der Waals surface area (Å²) in [7, 11) is 0. The van der Waals surface area contributed by atoms with Gasteiger partial charge in [-0.15, -0.1) is 0 Å². The lowest BCUT2D eigenvalue weighted by atomic mass is 10.2. The van der Waals surface area contributed by atoms with Gasteiger partial charge in [-0.2, -0.15) is 0 Å². The number of cyclic esters (lactones) is 1. The quantitative estimate of drug-likeness (QED) is 0.847. The number of nitrogens with one attached hydrogen (secondary N) is 1. The Morgan fingerprint density at radius 2 is 1.95 bits per heavy atom. The fraction of sp³-hybridized carbons (Fsp3) is 0.357. The maximum atomic E-state index is 11.9. The summed E-state index contributed by atoms with van der Waals surface area (Å²) in [5.41, 5.74) is 0.898. The van der Waals surface area contributed by atoms with Crippen molar-refractivity contribution in [3.8, 4) is 0 Å². The molecule has 1 fully saturated rings. The van der Waals surface area contributed by atoms with Gasteiger partial charge in [0.1, 0.15) is 6.10 Å². The number of carbonyl (C=O) groups is 3. The van der Waals surface area contributed by atoms with Crippen molar-refractivity contribution in [3.63, 3.8) is 0 Å². The largest absolute Gasteiger partial charge is 0.460 e. The predicted molar refractivity (Wildman–Crippen MR) is 70.1 cm³/mol. The van der Waals surface area contributed by atoms with Gasteiger partial charge in [0.05, 0.1) is 5.56 Å². The minimum absolute atomic E-state index is 0.192. The smallest absolute Gasteiger partial charge is 0.347 e. The Morgan fingerprint density at radius 3 is 2.45 bits per heavy atom. The molecule has 0 spiro atoms. The van der Waals surface area contributed by atoms with Gasteiger partial charge in [0.15, 0.2) is 0 Å². The van der Waals surface area contributed by atoms with Gasteiger partial charge in [0, 0.05) is 19.0 Å². The van der Waals surface area contributed by atoms with Crippen molar-refractivity contribution in [2.75, 3.05) is 5.32 Å². The van der Waals surface area contributed by atoms with Crippen molar-refractivity contribution in [2.24, 2.45) is 0 Å². The average molecular weight is 277 g/mol. The van der Waals surface area contributed by atoms with Crippen LogP contribution in [0.4, 0.5) is 5.69 Å². The standard InChI is InChI=1S/C14H15NO5/c1-8-7-12(14(18)19-8)20-13(17)10-3-5-11(6-4-10)15-9(2)16/h3-6,8,12H,7H2,1-2H3,(H,15,16)/t8-,12+/m0/s1. The number of ether oxygens (including phenoxy) is 2. The highest BCUT2D eigenvalue weighted by Gasteiger charge is 2.35. The first-order valence-electron chi connectivity index (χ1n) is 6.25. The van der Waals surface area contributed by atoms with Gasteiger partial charge in [-0.05, 0) is 31.2 Å². The van der Waals surface area contributed by atoms with E-state index in [1.165, 1.54) is 19.1 Å². The van der Waals surface area contributed by atoms with Crippen LogP contribution < -0.4 is 5.32 Å². The van der Waals surface area contributed by atoms with E-state index in [1.54, 1.807) is 19.1 Å². The summed E-state index contributed by atoms with van der Waals surface area (Å²) in [5, 5.41) is 2.59. The van der Waals surface area contributed by atoms with Gasteiger partial charge in [0.2, 0.25) is 12.0 Å². The number of hydrogen-bond donors (Lipinski definition) is 1. The van der Waals surface area contributed by atoms with Crippen LogP contribution in [0.1, 0.15) is 30.6 Å². The molecule has 1 aliphatic rings. The lowest BCUT2D eigenvalue weighted by Gasteiger charge is -2.09. The second-order valence-corrected chi connectivity index (χ2v) is 4.64. The predicted octanol–water partition coefficient (Wildman–Crippen LogP) is 1.51. The van der Waals surface area contributed by atoms with Gasteiger partial charge in [-0.1, -0.05) is 0 Å². The maximum absolute atomic E-state index is 11.9. The summed E-state index contributed by atoms with van der Waals surface area (Å²) >= 11 is 0. The summed E-state index contributed by atoms with van der Waals surface area (Å²) < 4.78 is 10.0. The van der Waals surface area contributed by atoms with E-state index in [9.17, 15) is 14.4 Å². The molecule has 0 bridgehead atoms. The molecule has 2 rings (SSSR count). The van der Waals surface area contributed by atoms with Gasteiger partial charge < -0.3 is 14.8 Å². The SMILES string of the molecule is CC(=O)Nc1ccc(C(=O)O[C@@H]2C[C@H](C)OC2=O)cc1. The molecule has 1 aliphatic heterocycles. The van der Waals surface area contributed by atoms with E-state index in [0.717, 1.165) is 0 Å². The second-order valence-electron chi connectivity index (χ2n) is 4.64. The van der Waals surface area contributed by atoms with Gasteiger partial charge >= 0.3 is 11.9 Å². The molecule has 1 saturated heterocycles. The lowest BCUT2D eigenvalue weighted by Crippen LogP contribution is -2.22. The number of esters is 2. The summed E-state index contributed by atoms with van der Waals surface area (Å²) in [6.45, 7) is 3.14. The summed E-state index contributed by atoms with van der Waals surface area (Å²) in [4.78, 5) is 34.1. The molecule has 6 heteroatoms. The molecular weight excluding hydrogens is 262 g/mol. The Hall–Kier alpha value is -2.37.